The number of carbonyl (C=O) groups is 1. The van der Waals surface area contributed by atoms with Gasteiger partial charge in [0.05, 0.1) is 6.54 Å². The maximum Gasteiger partial charge on any atom is 0.239 e. The van der Waals surface area contributed by atoms with Crippen LogP contribution in [0, 0.1) is 5.82 Å². The molecule has 5 heteroatoms. The van der Waals surface area contributed by atoms with Gasteiger partial charge in [0, 0.05) is 30.4 Å². The highest BCUT2D eigenvalue weighted by Crippen LogP contribution is 2.18. The minimum atomic E-state index is -0.331. The van der Waals surface area contributed by atoms with E-state index in [1.165, 1.54) is 6.07 Å². The van der Waals surface area contributed by atoms with Gasteiger partial charge in [-0.15, -0.1) is 0 Å². The van der Waals surface area contributed by atoms with E-state index in [1.807, 2.05) is 25.7 Å². The van der Waals surface area contributed by atoms with Gasteiger partial charge < -0.3 is 16.0 Å². The Morgan fingerprint density at radius 2 is 2.16 bits per heavy atom. The van der Waals surface area contributed by atoms with Crippen LogP contribution in [0.4, 0.5) is 10.1 Å². The van der Waals surface area contributed by atoms with Crippen LogP contribution < -0.4 is 16.0 Å². The van der Waals surface area contributed by atoms with Crippen molar-refractivity contribution >= 4 is 11.6 Å². The smallest absolute Gasteiger partial charge is 0.239 e. The van der Waals surface area contributed by atoms with E-state index in [1.54, 1.807) is 12.1 Å². The fourth-order valence-electron chi connectivity index (χ4n) is 1.83. The summed E-state index contributed by atoms with van der Waals surface area (Å²) in [4.78, 5) is 13.6. The molecule has 1 aromatic rings. The molecule has 1 aromatic carbocycles. The Hall–Kier alpha value is -1.62. The summed E-state index contributed by atoms with van der Waals surface area (Å²) in [6.45, 7) is 6.76. The number of carbonyl (C=O) groups excluding carboxylic acids is 1. The maximum atomic E-state index is 13.7. The number of anilines is 1. The van der Waals surface area contributed by atoms with Crippen molar-refractivity contribution in [2.45, 2.75) is 33.4 Å². The van der Waals surface area contributed by atoms with Gasteiger partial charge in [-0.05, 0) is 32.9 Å². The van der Waals surface area contributed by atoms with Crippen molar-refractivity contribution in [3.05, 3.63) is 29.6 Å². The highest BCUT2D eigenvalue weighted by Gasteiger charge is 2.12. The Morgan fingerprint density at radius 3 is 2.63 bits per heavy atom. The van der Waals surface area contributed by atoms with Crippen LogP contribution in [0.2, 0.25) is 0 Å². The quantitative estimate of drug-likeness (QED) is 0.823. The third-order valence-corrected chi connectivity index (χ3v) is 2.79. The Kier molecular flexibility index (Phi) is 5.76. The molecule has 0 heterocycles. The molecule has 0 bridgehead atoms. The fraction of sp³-hybridized carbons (Fsp3) is 0.500. The molecule has 0 aliphatic rings. The molecule has 0 aromatic heterocycles. The first-order valence-electron chi connectivity index (χ1n) is 6.50. The van der Waals surface area contributed by atoms with E-state index in [9.17, 15) is 9.18 Å². The molecule has 0 saturated carbocycles. The normalized spacial score (nSPS) is 10.6. The highest BCUT2D eigenvalue weighted by atomic mass is 19.1. The molecular formula is C14H22FN3O. The number of rotatable bonds is 6. The van der Waals surface area contributed by atoms with Crippen LogP contribution in [0.15, 0.2) is 18.2 Å². The third-order valence-electron chi connectivity index (χ3n) is 2.79. The third kappa shape index (κ3) is 4.52. The van der Waals surface area contributed by atoms with Gasteiger partial charge in [-0.2, -0.15) is 0 Å². The topological polar surface area (TPSA) is 58.4 Å². The molecule has 0 aliphatic heterocycles. The Labute approximate surface area is 113 Å². The van der Waals surface area contributed by atoms with E-state index in [2.05, 4.69) is 5.32 Å². The SMILES string of the molecule is CCN(CC(=O)NC(C)C)c1ccc(CN)c(F)c1. The van der Waals surface area contributed by atoms with Crippen molar-refractivity contribution in [3.63, 3.8) is 0 Å². The van der Waals surface area contributed by atoms with Crippen LogP contribution in [0.5, 0.6) is 0 Å². The maximum absolute atomic E-state index is 13.7. The van der Waals surface area contributed by atoms with E-state index in [4.69, 9.17) is 5.73 Å². The van der Waals surface area contributed by atoms with E-state index in [0.29, 0.717) is 17.8 Å². The molecule has 0 aliphatic carbocycles. The molecule has 1 amide bonds. The van der Waals surface area contributed by atoms with Gasteiger partial charge in [-0.1, -0.05) is 6.07 Å². The number of likely N-dealkylation sites (N-methyl/N-ethyl adjacent to an activating group) is 1. The van der Waals surface area contributed by atoms with Crippen LogP contribution in [0.25, 0.3) is 0 Å². The van der Waals surface area contributed by atoms with Gasteiger partial charge in [-0.25, -0.2) is 4.39 Å². The number of nitrogens with zero attached hydrogens (tertiary/aromatic N) is 1. The zero-order valence-electron chi connectivity index (χ0n) is 11.7. The molecular weight excluding hydrogens is 245 g/mol. The number of nitrogens with two attached hydrogens (primary N) is 1. The lowest BCUT2D eigenvalue weighted by molar-refractivity contribution is -0.120. The first-order chi connectivity index (χ1) is 8.97. The van der Waals surface area contributed by atoms with E-state index in [-0.39, 0.29) is 30.9 Å². The zero-order valence-corrected chi connectivity index (χ0v) is 11.7. The molecule has 1 rings (SSSR count). The largest absolute Gasteiger partial charge is 0.362 e. The number of benzene rings is 1. The molecule has 106 valence electrons. The van der Waals surface area contributed by atoms with Gasteiger partial charge in [-0.3, -0.25) is 4.79 Å². The van der Waals surface area contributed by atoms with Crippen LogP contribution in [-0.2, 0) is 11.3 Å². The number of halogens is 1. The van der Waals surface area contributed by atoms with Gasteiger partial charge >= 0.3 is 0 Å². The predicted molar refractivity (Wildman–Crippen MR) is 75.5 cm³/mol. The van der Waals surface area contributed by atoms with Crippen LogP contribution in [0.3, 0.4) is 0 Å². The molecule has 0 saturated heterocycles. The lowest BCUT2D eigenvalue weighted by Crippen LogP contribution is -2.40. The Balaban J connectivity index is 2.79. The lowest BCUT2D eigenvalue weighted by atomic mass is 10.2. The average Bonchev–Trinajstić information content (AvgIpc) is 2.35. The number of hydrogen-bond donors (Lipinski definition) is 2. The highest BCUT2D eigenvalue weighted by molar-refractivity contribution is 5.81. The Morgan fingerprint density at radius 1 is 1.47 bits per heavy atom. The first kappa shape index (κ1) is 15.4. The van der Waals surface area contributed by atoms with Crippen molar-refractivity contribution < 1.29 is 9.18 Å². The summed E-state index contributed by atoms with van der Waals surface area (Å²) in [5.41, 5.74) is 6.60. The van der Waals surface area contributed by atoms with E-state index >= 15 is 0 Å². The molecule has 0 atom stereocenters. The van der Waals surface area contributed by atoms with Gasteiger partial charge in [0.2, 0.25) is 5.91 Å². The zero-order chi connectivity index (χ0) is 14.4. The summed E-state index contributed by atoms with van der Waals surface area (Å²) < 4.78 is 13.7. The first-order valence-corrected chi connectivity index (χ1v) is 6.50. The summed E-state index contributed by atoms with van der Waals surface area (Å²) in [6, 6.07) is 4.97. The molecule has 3 N–H and O–H groups in total. The molecule has 4 nitrogen and oxygen atoms in total. The summed E-state index contributed by atoms with van der Waals surface area (Å²) in [7, 11) is 0. The second kappa shape index (κ2) is 7.09. The summed E-state index contributed by atoms with van der Waals surface area (Å²) in [5, 5.41) is 2.82. The van der Waals surface area contributed by atoms with Crippen molar-refractivity contribution in [1.29, 1.82) is 0 Å². The van der Waals surface area contributed by atoms with Gasteiger partial charge in [0.15, 0.2) is 0 Å². The van der Waals surface area contributed by atoms with Crippen molar-refractivity contribution in [2.24, 2.45) is 5.73 Å². The number of amides is 1. The summed E-state index contributed by atoms with van der Waals surface area (Å²) in [5.74, 6) is -0.400. The average molecular weight is 267 g/mol. The molecule has 19 heavy (non-hydrogen) atoms. The van der Waals surface area contributed by atoms with Crippen LogP contribution >= 0.6 is 0 Å². The number of nitrogens with one attached hydrogen (secondary N) is 1. The molecule has 0 fully saturated rings. The summed E-state index contributed by atoms with van der Waals surface area (Å²) in [6.07, 6.45) is 0. The minimum Gasteiger partial charge on any atom is -0.362 e. The Bertz CT molecular complexity index is 435. The molecule has 0 unspecified atom stereocenters. The monoisotopic (exact) mass is 267 g/mol. The molecule has 0 radical (unpaired) electrons. The molecule has 0 spiro atoms. The lowest BCUT2D eigenvalue weighted by Gasteiger charge is -2.23. The van der Waals surface area contributed by atoms with E-state index < -0.39 is 0 Å². The second-order valence-electron chi connectivity index (χ2n) is 4.72. The van der Waals surface area contributed by atoms with Crippen molar-refractivity contribution in [1.82, 2.24) is 5.32 Å². The fourth-order valence-corrected chi connectivity index (χ4v) is 1.83. The van der Waals surface area contributed by atoms with Crippen LogP contribution in [0.1, 0.15) is 26.3 Å². The van der Waals surface area contributed by atoms with Gasteiger partial charge in [0.1, 0.15) is 5.82 Å². The van der Waals surface area contributed by atoms with Crippen molar-refractivity contribution in [2.75, 3.05) is 18.0 Å². The van der Waals surface area contributed by atoms with Crippen molar-refractivity contribution in [3.8, 4) is 0 Å². The van der Waals surface area contributed by atoms with Crippen LogP contribution in [-0.4, -0.2) is 25.0 Å². The van der Waals surface area contributed by atoms with E-state index in [0.717, 1.165) is 0 Å². The summed E-state index contributed by atoms with van der Waals surface area (Å²) >= 11 is 0. The standard InChI is InChI=1S/C14H22FN3O/c1-4-18(9-14(19)17-10(2)3)12-6-5-11(8-16)13(15)7-12/h5-7,10H,4,8-9,16H2,1-3H3,(H,17,19). The predicted octanol–water partition coefficient (Wildman–Crippen LogP) is 1.64. The second-order valence-corrected chi connectivity index (χ2v) is 4.72. The van der Waals surface area contributed by atoms with Gasteiger partial charge in [0.25, 0.3) is 0 Å². The number of hydrogen-bond acceptors (Lipinski definition) is 3. The minimum absolute atomic E-state index is 0.0693.